The van der Waals surface area contributed by atoms with Gasteiger partial charge in [-0.3, -0.25) is 14.5 Å². The Morgan fingerprint density at radius 1 is 0.615 bits per heavy atom. The summed E-state index contributed by atoms with van der Waals surface area (Å²) in [5, 5.41) is 0. The normalized spacial score (nSPS) is 11.9. The lowest BCUT2D eigenvalue weighted by Crippen LogP contribution is -2.33. The lowest BCUT2D eigenvalue weighted by Gasteiger charge is -2.24. The van der Waals surface area contributed by atoms with Crippen LogP contribution in [-0.4, -0.2) is 64.8 Å². The molecular formula is C47H40Br2ClF9N8O8S3. The van der Waals surface area contributed by atoms with Gasteiger partial charge in [-0.05, 0) is 154 Å². The fraction of sp³-hybridized carbons (Fsp3) is 0.170. The van der Waals surface area contributed by atoms with Gasteiger partial charge in [0.25, 0.3) is 29.1 Å². The van der Waals surface area contributed by atoms with Gasteiger partial charge in [0.15, 0.2) is 0 Å². The van der Waals surface area contributed by atoms with Crippen molar-refractivity contribution in [1.82, 2.24) is 19.9 Å². The van der Waals surface area contributed by atoms with Crippen molar-refractivity contribution in [3.8, 4) is 0 Å². The lowest BCUT2D eigenvalue weighted by atomic mass is 10.1. The molecule has 0 bridgehead atoms. The molecule has 4 aromatic heterocycles. The number of nitrogens with two attached hydrogens (primary N) is 2. The molecule has 418 valence electrons. The molecule has 0 atom stereocenters. The number of alkyl halides is 9. The number of carbonyl (C=O) groups is 1. The molecule has 0 amide bonds. The van der Waals surface area contributed by atoms with Crippen LogP contribution in [-0.2, 0) is 52.4 Å². The first-order valence-electron chi connectivity index (χ1n) is 21.2. The summed E-state index contributed by atoms with van der Waals surface area (Å²) in [7, 11) is -6.65. The lowest BCUT2D eigenvalue weighted by molar-refractivity contribution is -0.139. The molecule has 0 aliphatic heterocycles. The van der Waals surface area contributed by atoms with Crippen molar-refractivity contribution in [1.29, 1.82) is 0 Å². The van der Waals surface area contributed by atoms with Crippen LogP contribution in [0.15, 0.2) is 152 Å². The summed E-state index contributed by atoms with van der Waals surface area (Å²) in [6.07, 6.45) is -8.24. The van der Waals surface area contributed by atoms with E-state index in [2.05, 4.69) is 56.5 Å². The van der Waals surface area contributed by atoms with Crippen molar-refractivity contribution >= 4 is 100 Å². The predicted octanol–water partition coefficient (Wildman–Crippen LogP) is 11.8. The van der Waals surface area contributed by atoms with Gasteiger partial charge in [-0.15, -0.1) is 0 Å². The van der Waals surface area contributed by atoms with E-state index >= 15 is 0 Å². The van der Waals surface area contributed by atoms with Crippen LogP contribution in [0.4, 0.5) is 62.4 Å². The number of nitrogen functional groups attached to an aromatic ring is 2. The van der Waals surface area contributed by atoms with Gasteiger partial charge in [0.1, 0.15) is 27.4 Å². The fourth-order valence-electron chi connectivity index (χ4n) is 6.27. The Kier molecular flexibility index (Phi) is 21.4. The molecule has 0 fully saturated rings. The van der Waals surface area contributed by atoms with E-state index in [0.717, 1.165) is 40.7 Å². The Morgan fingerprint density at radius 3 is 1.54 bits per heavy atom. The number of aryl methyl sites for hydroxylation is 3. The van der Waals surface area contributed by atoms with E-state index in [-0.39, 0.29) is 56.5 Å². The van der Waals surface area contributed by atoms with Crippen LogP contribution in [0.25, 0.3) is 0 Å². The number of rotatable bonds is 11. The predicted molar refractivity (Wildman–Crippen MR) is 279 cm³/mol. The summed E-state index contributed by atoms with van der Waals surface area (Å²) in [6, 6.07) is 20.0. The SMILES string of the molecule is COCN(c1cccnc1Br)S(=O)(=O)c1ccc(C)c(C(F)(F)F)c1.Cc1ccc(S(=O)(=O)Cl)cc1C(F)(F)F.Cc1ccc(S(=O)(=O)Nc2cccnc2C(=O)c2ccnc(N)c2)cc1C(F)(F)F.Nc1cccnc1Br. The second kappa shape index (κ2) is 26.0. The quantitative estimate of drug-likeness (QED) is 0.0358. The number of anilines is 4. The minimum Gasteiger partial charge on any atom is -0.397 e. The highest BCUT2D eigenvalue weighted by Gasteiger charge is 2.37. The van der Waals surface area contributed by atoms with Gasteiger partial charge >= 0.3 is 18.5 Å². The smallest absolute Gasteiger partial charge is 0.397 e. The third kappa shape index (κ3) is 17.3. The summed E-state index contributed by atoms with van der Waals surface area (Å²) in [5.41, 5.74) is 8.19. The van der Waals surface area contributed by atoms with Crippen LogP contribution >= 0.6 is 42.5 Å². The Labute approximate surface area is 461 Å². The van der Waals surface area contributed by atoms with Gasteiger partial charge in [0, 0.05) is 48.1 Å². The molecule has 5 N–H and O–H groups in total. The van der Waals surface area contributed by atoms with Gasteiger partial charge in [-0.25, -0.2) is 44.5 Å². The Hall–Kier alpha value is -6.44. The second-order valence-electron chi connectivity index (χ2n) is 15.6. The highest BCUT2D eigenvalue weighted by Crippen LogP contribution is 2.37. The summed E-state index contributed by atoms with van der Waals surface area (Å²) in [6.45, 7) is 3.35. The van der Waals surface area contributed by atoms with E-state index in [1.807, 2.05) is 0 Å². The van der Waals surface area contributed by atoms with E-state index < -0.39 is 84.8 Å². The summed E-state index contributed by atoms with van der Waals surface area (Å²) >= 11 is 6.30. The molecule has 7 aromatic rings. The third-order valence-electron chi connectivity index (χ3n) is 10.1. The maximum absolute atomic E-state index is 13.1. The first kappa shape index (κ1) is 64.1. The van der Waals surface area contributed by atoms with Crippen molar-refractivity contribution in [2.45, 2.75) is 54.0 Å². The highest BCUT2D eigenvalue weighted by atomic mass is 79.9. The van der Waals surface area contributed by atoms with E-state index in [4.69, 9.17) is 26.9 Å². The number of methoxy groups -OCH3 is 1. The number of halogens is 12. The third-order valence-corrected chi connectivity index (χ3v) is 15.8. The topological polar surface area (TPSA) is 248 Å². The van der Waals surface area contributed by atoms with Gasteiger partial charge < -0.3 is 16.2 Å². The zero-order valence-electron chi connectivity index (χ0n) is 40.2. The molecule has 0 aliphatic rings. The summed E-state index contributed by atoms with van der Waals surface area (Å²) < 4.78 is 198. The van der Waals surface area contributed by atoms with Crippen molar-refractivity contribution in [2.75, 3.05) is 34.3 Å². The maximum atomic E-state index is 13.1. The van der Waals surface area contributed by atoms with Gasteiger partial charge in [-0.2, -0.15) is 39.5 Å². The van der Waals surface area contributed by atoms with Crippen LogP contribution in [0.5, 0.6) is 0 Å². The highest BCUT2D eigenvalue weighted by molar-refractivity contribution is 9.10. The van der Waals surface area contributed by atoms with Crippen molar-refractivity contribution in [3.05, 3.63) is 182 Å². The number of nitrogens with one attached hydrogen (secondary N) is 1. The number of pyridine rings is 4. The van der Waals surface area contributed by atoms with Gasteiger partial charge in [-0.1, -0.05) is 18.2 Å². The molecule has 0 radical (unpaired) electrons. The number of sulfonamides is 2. The number of benzene rings is 3. The minimum absolute atomic E-state index is 0.0495. The standard InChI is InChI=1S/C19H15F3N4O3S.C15H14BrF3N2O3S.C8H6ClF3O2S.C5H5BrN2/c1-11-4-5-13(10-14(11)19(20,21)22)30(28,29)26-15-3-2-7-25-17(15)18(27)12-6-8-24-16(23)9-12;1-10-5-6-11(8-12(10)15(17,18)19)25(22,23)21(9-24-2)13-4-3-7-20-14(13)16;1-5-2-3-6(15(9,13)14)4-7(5)8(10,11)12;6-5-4(7)2-1-3-8-5/h2-10,26H,1H3,(H2,23,24);3-8H,9H2,1-2H3;2-4H,1H3;1-3H,7H2. The molecule has 0 aliphatic carbocycles. The zero-order chi connectivity index (χ0) is 58.8. The Balaban J connectivity index is 0.000000245. The van der Waals surface area contributed by atoms with Crippen LogP contribution < -0.4 is 20.5 Å². The number of nitrogens with zero attached hydrogens (tertiary/aromatic N) is 5. The number of ether oxygens (including phenoxy) is 1. The van der Waals surface area contributed by atoms with Gasteiger partial charge in [0.2, 0.25) is 5.78 Å². The van der Waals surface area contributed by atoms with E-state index in [1.165, 1.54) is 82.9 Å². The monoisotopic (exact) mass is 1300 g/mol. The molecule has 0 saturated heterocycles. The summed E-state index contributed by atoms with van der Waals surface area (Å²) in [5.74, 6) is -0.555. The van der Waals surface area contributed by atoms with E-state index in [9.17, 15) is 69.6 Å². The first-order valence-corrected chi connectivity index (χ1v) is 28.0. The molecule has 4 heterocycles. The van der Waals surface area contributed by atoms with Crippen LogP contribution in [0.1, 0.15) is 49.4 Å². The second-order valence-corrected chi connectivity index (χ2v) is 23.2. The molecule has 0 saturated carbocycles. The Morgan fingerprint density at radius 2 is 1.08 bits per heavy atom. The molecular weight excluding hydrogens is 1270 g/mol. The largest absolute Gasteiger partial charge is 0.416 e. The molecule has 16 nitrogen and oxygen atoms in total. The van der Waals surface area contributed by atoms with Crippen molar-refractivity contribution in [3.63, 3.8) is 0 Å². The molecule has 7 rings (SSSR count). The molecule has 78 heavy (non-hydrogen) atoms. The molecule has 3 aromatic carbocycles. The number of carbonyl (C=O) groups excluding carboxylic acids is 1. The molecule has 31 heteroatoms. The average Bonchev–Trinajstić information content (AvgIpc) is 3.34. The van der Waals surface area contributed by atoms with Gasteiger partial charge in [0.05, 0.1) is 48.4 Å². The Bertz CT molecular complexity index is 3620. The van der Waals surface area contributed by atoms with Crippen LogP contribution in [0.2, 0.25) is 0 Å². The minimum atomic E-state index is -4.72. The molecule has 0 unspecified atom stereocenters. The number of ketones is 1. The van der Waals surface area contributed by atoms with E-state index in [0.29, 0.717) is 28.5 Å². The average molecular weight is 1310 g/mol. The van der Waals surface area contributed by atoms with Crippen LogP contribution in [0, 0.1) is 20.8 Å². The van der Waals surface area contributed by atoms with E-state index in [1.54, 1.807) is 18.3 Å². The summed E-state index contributed by atoms with van der Waals surface area (Å²) in [4.78, 5) is 26.6. The maximum Gasteiger partial charge on any atom is 0.416 e. The van der Waals surface area contributed by atoms with Crippen molar-refractivity contribution in [2.24, 2.45) is 0 Å². The fourth-order valence-corrected chi connectivity index (χ4v) is 10.4. The molecule has 0 spiro atoms. The zero-order valence-corrected chi connectivity index (χ0v) is 46.6. The number of hydrogen-bond donors (Lipinski definition) is 3. The number of aromatic nitrogens is 4. The first-order chi connectivity index (χ1) is 36.0. The van der Waals surface area contributed by atoms with Crippen molar-refractivity contribution < 1.29 is 74.3 Å². The number of hydrogen-bond acceptors (Lipinski definition) is 14. The van der Waals surface area contributed by atoms with Crippen LogP contribution in [0.3, 0.4) is 0 Å².